The number of hydrogen-bond acceptors (Lipinski definition) is 7. The fourth-order valence-electron chi connectivity index (χ4n) is 3.16. The lowest BCUT2D eigenvalue weighted by Crippen LogP contribution is -2.42. The quantitative estimate of drug-likeness (QED) is 0.735. The van der Waals surface area contributed by atoms with E-state index in [-0.39, 0.29) is 24.5 Å². The highest BCUT2D eigenvalue weighted by atomic mass is 32.2. The van der Waals surface area contributed by atoms with Gasteiger partial charge in [0.25, 0.3) is 5.91 Å². The third kappa shape index (κ3) is 4.67. The van der Waals surface area contributed by atoms with Crippen molar-refractivity contribution in [3.63, 3.8) is 0 Å². The molecule has 29 heavy (non-hydrogen) atoms. The van der Waals surface area contributed by atoms with Gasteiger partial charge in [0.2, 0.25) is 5.91 Å². The predicted molar refractivity (Wildman–Crippen MR) is 109 cm³/mol. The van der Waals surface area contributed by atoms with Crippen LogP contribution in [0.3, 0.4) is 0 Å². The van der Waals surface area contributed by atoms with Crippen molar-refractivity contribution in [2.24, 2.45) is 0 Å². The maximum Gasteiger partial charge on any atom is 0.252 e. The lowest BCUT2D eigenvalue weighted by molar-refractivity contribution is -0.129. The summed E-state index contributed by atoms with van der Waals surface area (Å²) in [6, 6.07) is 8.86. The molecule has 1 fully saturated rings. The van der Waals surface area contributed by atoms with E-state index in [4.69, 9.17) is 14.7 Å². The molecule has 3 rings (SSSR count). The Morgan fingerprint density at radius 1 is 1.41 bits per heavy atom. The molecule has 0 aliphatic carbocycles. The van der Waals surface area contributed by atoms with Crippen LogP contribution in [0.2, 0.25) is 0 Å². The number of nitrogens with one attached hydrogen (secondary N) is 1. The molecule has 0 radical (unpaired) electrons. The highest BCUT2D eigenvalue weighted by molar-refractivity contribution is 7.99. The summed E-state index contributed by atoms with van der Waals surface area (Å²) < 4.78 is 10.6. The molecule has 2 amide bonds. The first-order valence-corrected chi connectivity index (χ1v) is 10.2. The number of nitriles is 1. The number of fused-ring (bicyclic) bond motifs is 1. The second-order valence-corrected chi connectivity index (χ2v) is 7.51. The normalized spacial score (nSPS) is 17.1. The number of carbonyl (C=O) groups excluding carboxylic acids is 2. The number of nitrogens with zero attached hydrogens (tertiary/aromatic N) is 3. The van der Waals surface area contributed by atoms with Crippen LogP contribution in [0, 0.1) is 11.3 Å². The van der Waals surface area contributed by atoms with Crippen molar-refractivity contribution in [3.8, 4) is 6.07 Å². The average Bonchev–Trinajstić information content (AvgIpc) is 3.23. The van der Waals surface area contributed by atoms with E-state index in [1.807, 2.05) is 18.2 Å². The van der Waals surface area contributed by atoms with Gasteiger partial charge in [-0.3, -0.25) is 14.6 Å². The molecular formula is C20H22N4O4S. The minimum absolute atomic E-state index is 0.161. The SMILES string of the molecule is COC[C@@H](OC)c1ccc2nccc(C(=O)NCC(=O)N3CSC[C@H]3C#N)c2c1. The molecule has 8 nitrogen and oxygen atoms in total. The molecule has 1 aromatic heterocycles. The number of ether oxygens (including phenoxy) is 2. The van der Waals surface area contributed by atoms with Crippen LogP contribution in [-0.2, 0) is 14.3 Å². The minimum Gasteiger partial charge on any atom is -0.382 e. The summed E-state index contributed by atoms with van der Waals surface area (Å²) in [4.78, 5) is 30.9. The molecule has 1 saturated heterocycles. The van der Waals surface area contributed by atoms with E-state index in [1.165, 1.54) is 16.7 Å². The molecule has 0 bridgehead atoms. The smallest absolute Gasteiger partial charge is 0.252 e. The number of carbonyl (C=O) groups is 2. The first-order valence-electron chi connectivity index (χ1n) is 9.04. The highest BCUT2D eigenvalue weighted by Gasteiger charge is 2.29. The number of pyridine rings is 1. The molecule has 1 aliphatic rings. The van der Waals surface area contributed by atoms with E-state index in [0.717, 1.165) is 5.56 Å². The first kappa shape index (κ1) is 21.0. The van der Waals surface area contributed by atoms with E-state index < -0.39 is 6.04 Å². The molecular weight excluding hydrogens is 392 g/mol. The molecule has 9 heteroatoms. The number of benzene rings is 1. The molecule has 1 aromatic carbocycles. The Hall–Kier alpha value is -2.67. The monoisotopic (exact) mass is 414 g/mol. The lowest BCUT2D eigenvalue weighted by atomic mass is 10.0. The van der Waals surface area contributed by atoms with Crippen molar-refractivity contribution >= 4 is 34.5 Å². The van der Waals surface area contributed by atoms with Crippen LogP contribution in [0.25, 0.3) is 10.9 Å². The molecule has 0 unspecified atom stereocenters. The van der Waals surface area contributed by atoms with E-state index in [1.54, 1.807) is 26.5 Å². The van der Waals surface area contributed by atoms with Crippen LogP contribution >= 0.6 is 11.8 Å². The predicted octanol–water partition coefficient (Wildman–Crippen LogP) is 1.72. The Morgan fingerprint density at radius 2 is 2.24 bits per heavy atom. The Balaban J connectivity index is 1.78. The Bertz CT molecular complexity index is 946. The molecule has 2 aromatic rings. The van der Waals surface area contributed by atoms with Gasteiger partial charge in [-0.25, -0.2) is 0 Å². The summed E-state index contributed by atoms with van der Waals surface area (Å²) in [6.45, 7) is 0.220. The summed E-state index contributed by atoms with van der Waals surface area (Å²) >= 11 is 1.53. The Morgan fingerprint density at radius 3 is 2.97 bits per heavy atom. The van der Waals surface area contributed by atoms with Gasteiger partial charge in [-0.1, -0.05) is 6.07 Å². The first-order chi connectivity index (χ1) is 14.1. The number of hydrogen-bond donors (Lipinski definition) is 1. The van der Waals surface area contributed by atoms with Gasteiger partial charge in [0, 0.05) is 31.6 Å². The summed E-state index contributed by atoms with van der Waals surface area (Å²) in [6.07, 6.45) is 1.29. The number of thioether (sulfide) groups is 1. The van der Waals surface area contributed by atoms with Crippen LogP contribution in [-0.4, -0.2) is 66.7 Å². The van der Waals surface area contributed by atoms with Crippen LogP contribution in [0.4, 0.5) is 0 Å². The van der Waals surface area contributed by atoms with Crippen molar-refractivity contribution in [3.05, 3.63) is 41.6 Å². The van der Waals surface area contributed by atoms with Crippen LogP contribution in [0.15, 0.2) is 30.5 Å². The number of rotatable bonds is 7. The molecule has 152 valence electrons. The van der Waals surface area contributed by atoms with Crippen molar-refractivity contribution in [1.29, 1.82) is 5.26 Å². The lowest BCUT2D eigenvalue weighted by Gasteiger charge is -2.19. The maximum atomic E-state index is 12.8. The highest BCUT2D eigenvalue weighted by Crippen LogP contribution is 2.24. The molecule has 2 heterocycles. The molecule has 1 aliphatic heterocycles. The van der Waals surface area contributed by atoms with Gasteiger partial charge in [0.15, 0.2) is 0 Å². The largest absolute Gasteiger partial charge is 0.382 e. The molecule has 2 atom stereocenters. The van der Waals surface area contributed by atoms with Crippen LogP contribution in [0.5, 0.6) is 0 Å². The summed E-state index contributed by atoms with van der Waals surface area (Å²) in [5.74, 6) is 0.417. The van der Waals surface area contributed by atoms with Gasteiger partial charge in [-0.2, -0.15) is 5.26 Å². The van der Waals surface area contributed by atoms with E-state index in [0.29, 0.717) is 34.7 Å². The molecule has 1 N–H and O–H groups in total. The summed E-state index contributed by atoms with van der Waals surface area (Å²) in [5.41, 5.74) is 1.95. The Kier molecular flexibility index (Phi) is 7.04. The standard InChI is InChI=1S/C20H22N4O4S/c1-27-10-18(28-2)13-3-4-17-16(7-13)15(5-6-22-17)20(26)23-9-19(25)24-12-29-11-14(24)8-21/h3-7,14,18H,9-12H2,1-2H3,(H,23,26)/t14-,18-/m1/s1. The maximum absolute atomic E-state index is 12.8. The van der Waals surface area contributed by atoms with Gasteiger partial charge in [0.05, 0.1) is 36.2 Å². The zero-order valence-corrected chi connectivity index (χ0v) is 17.1. The second-order valence-electron chi connectivity index (χ2n) is 6.51. The van der Waals surface area contributed by atoms with Crippen LogP contribution < -0.4 is 5.32 Å². The van der Waals surface area contributed by atoms with Crippen molar-refractivity contribution in [2.45, 2.75) is 12.1 Å². The van der Waals surface area contributed by atoms with Gasteiger partial charge in [-0.05, 0) is 23.8 Å². The van der Waals surface area contributed by atoms with Crippen molar-refractivity contribution in [2.75, 3.05) is 39.0 Å². The molecule has 0 saturated carbocycles. The number of aromatic nitrogens is 1. The zero-order valence-electron chi connectivity index (χ0n) is 16.3. The van der Waals surface area contributed by atoms with Gasteiger partial charge >= 0.3 is 0 Å². The second kappa shape index (κ2) is 9.69. The van der Waals surface area contributed by atoms with Gasteiger partial charge in [-0.15, -0.1) is 11.8 Å². The van der Waals surface area contributed by atoms with Gasteiger partial charge < -0.3 is 19.7 Å². The topological polar surface area (TPSA) is 105 Å². The average molecular weight is 414 g/mol. The molecule has 0 spiro atoms. The van der Waals surface area contributed by atoms with Gasteiger partial charge in [0.1, 0.15) is 12.1 Å². The fraction of sp³-hybridized carbons (Fsp3) is 0.400. The van der Waals surface area contributed by atoms with Crippen molar-refractivity contribution in [1.82, 2.24) is 15.2 Å². The third-order valence-corrected chi connectivity index (χ3v) is 5.75. The summed E-state index contributed by atoms with van der Waals surface area (Å²) in [5, 5.41) is 12.5. The Labute approximate surface area is 173 Å². The fourth-order valence-corrected chi connectivity index (χ4v) is 4.27. The minimum atomic E-state index is -0.444. The van der Waals surface area contributed by atoms with Crippen molar-refractivity contribution < 1.29 is 19.1 Å². The van der Waals surface area contributed by atoms with Crippen LogP contribution in [0.1, 0.15) is 22.0 Å². The number of methoxy groups -OCH3 is 2. The van der Waals surface area contributed by atoms with E-state index in [2.05, 4.69) is 16.4 Å². The van der Waals surface area contributed by atoms with E-state index in [9.17, 15) is 9.59 Å². The van der Waals surface area contributed by atoms with E-state index >= 15 is 0 Å². The third-order valence-electron chi connectivity index (χ3n) is 4.74. The summed E-state index contributed by atoms with van der Waals surface area (Å²) in [7, 11) is 3.20. The number of amides is 2. The zero-order chi connectivity index (χ0) is 20.8.